The molecule has 1 aromatic rings. The van der Waals surface area contributed by atoms with E-state index in [1.54, 1.807) is 0 Å². The van der Waals surface area contributed by atoms with Gasteiger partial charge in [-0.3, -0.25) is 0 Å². The summed E-state index contributed by atoms with van der Waals surface area (Å²) in [6, 6.07) is 0.508. The summed E-state index contributed by atoms with van der Waals surface area (Å²) in [5, 5.41) is 3.62. The number of nitrogens with zero attached hydrogens (tertiary/aromatic N) is 2. The van der Waals surface area contributed by atoms with Crippen molar-refractivity contribution < 1.29 is 0 Å². The molecule has 1 aromatic heterocycles. The SMILES string of the molecule is CCC(CC1CC1)Nc1nc(C2CC2)nc(NN)c1C. The van der Waals surface area contributed by atoms with E-state index in [2.05, 4.69) is 22.7 Å². The first-order chi connectivity index (χ1) is 9.71. The third-order valence-electron chi connectivity index (χ3n) is 4.39. The van der Waals surface area contributed by atoms with Crippen LogP contribution in [0.1, 0.15) is 62.8 Å². The predicted molar refractivity (Wildman–Crippen MR) is 81.6 cm³/mol. The summed E-state index contributed by atoms with van der Waals surface area (Å²) in [6.07, 6.45) is 7.57. The average molecular weight is 275 g/mol. The molecule has 5 nitrogen and oxygen atoms in total. The maximum absolute atomic E-state index is 5.59. The van der Waals surface area contributed by atoms with Crippen LogP contribution in [-0.4, -0.2) is 16.0 Å². The molecule has 110 valence electrons. The van der Waals surface area contributed by atoms with Crippen molar-refractivity contribution >= 4 is 11.6 Å². The van der Waals surface area contributed by atoms with Crippen LogP contribution < -0.4 is 16.6 Å². The number of nitrogen functional groups attached to an aromatic ring is 1. The van der Waals surface area contributed by atoms with Crippen molar-refractivity contribution in [3.05, 3.63) is 11.4 Å². The van der Waals surface area contributed by atoms with Gasteiger partial charge in [0.15, 0.2) is 0 Å². The zero-order chi connectivity index (χ0) is 14.1. The van der Waals surface area contributed by atoms with Gasteiger partial charge in [0.25, 0.3) is 0 Å². The van der Waals surface area contributed by atoms with Gasteiger partial charge in [0, 0.05) is 17.5 Å². The van der Waals surface area contributed by atoms with E-state index in [-0.39, 0.29) is 0 Å². The molecule has 2 fully saturated rings. The van der Waals surface area contributed by atoms with E-state index in [9.17, 15) is 0 Å². The molecule has 20 heavy (non-hydrogen) atoms. The first-order valence-corrected chi connectivity index (χ1v) is 7.83. The molecule has 5 heteroatoms. The third kappa shape index (κ3) is 3.03. The molecule has 0 aliphatic heterocycles. The second kappa shape index (κ2) is 5.56. The highest BCUT2D eigenvalue weighted by atomic mass is 15.3. The van der Waals surface area contributed by atoms with Gasteiger partial charge >= 0.3 is 0 Å². The third-order valence-corrected chi connectivity index (χ3v) is 4.39. The lowest BCUT2D eigenvalue weighted by Crippen LogP contribution is -2.22. The Labute approximate surface area is 120 Å². The molecule has 2 aliphatic rings. The Balaban J connectivity index is 1.80. The number of hydrogen-bond acceptors (Lipinski definition) is 5. The van der Waals surface area contributed by atoms with Gasteiger partial charge in [-0.15, -0.1) is 0 Å². The number of nitrogens with one attached hydrogen (secondary N) is 2. The topological polar surface area (TPSA) is 75.9 Å². The number of rotatable bonds is 7. The van der Waals surface area contributed by atoms with Crippen LogP contribution in [-0.2, 0) is 0 Å². The van der Waals surface area contributed by atoms with Crippen LogP contribution in [0.4, 0.5) is 11.6 Å². The predicted octanol–water partition coefficient (Wildman–Crippen LogP) is 2.94. The molecule has 1 unspecified atom stereocenters. The van der Waals surface area contributed by atoms with E-state index in [1.165, 1.54) is 32.1 Å². The molecule has 0 radical (unpaired) electrons. The van der Waals surface area contributed by atoms with Crippen LogP contribution in [0.2, 0.25) is 0 Å². The summed E-state index contributed by atoms with van der Waals surface area (Å²) < 4.78 is 0. The summed E-state index contributed by atoms with van der Waals surface area (Å²) in [5.41, 5.74) is 3.73. The maximum Gasteiger partial charge on any atom is 0.148 e. The van der Waals surface area contributed by atoms with E-state index >= 15 is 0 Å². The molecule has 4 N–H and O–H groups in total. The fourth-order valence-electron chi connectivity index (χ4n) is 2.62. The number of hydrogen-bond donors (Lipinski definition) is 3. The van der Waals surface area contributed by atoms with Crippen molar-refractivity contribution in [1.29, 1.82) is 0 Å². The molecule has 0 bridgehead atoms. The fourth-order valence-corrected chi connectivity index (χ4v) is 2.62. The van der Waals surface area contributed by atoms with Crippen molar-refractivity contribution in [3.8, 4) is 0 Å². The monoisotopic (exact) mass is 275 g/mol. The molecule has 0 saturated heterocycles. The van der Waals surface area contributed by atoms with E-state index < -0.39 is 0 Å². The van der Waals surface area contributed by atoms with Gasteiger partial charge in [-0.25, -0.2) is 15.8 Å². The van der Waals surface area contributed by atoms with Crippen molar-refractivity contribution in [2.45, 2.75) is 64.3 Å². The Kier molecular flexibility index (Phi) is 3.78. The standard InChI is InChI=1S/C15H25N5/c1-3-12(8-10-4-5-10)17-13-9(2)14(20-16)19-15(18-13)11-6-7-11/h10-12H,3-8,16H2,1-2H3,(H2,17,18,19,20). The van der Waals surface area contributed by atoms with Crippen LogP contribution in [0.3, 0.4) is 0 Å². The Morgan fingerprint density at radius 2 is 1.90 bits per heavy atom. The number of nitrogens with two attached hydrogens (primary N) is 1. The Bertz CT molecular complexity index is 479. The van der Waals surface area contributed by atoms with Gasteiger partial charge in [-0.2, -0.15) is 0 Å². The zero-order valence-electron chi connectivity index (χ0n) is 12.4. The van der Waals surface area contributed by atoms with Crippen LogP contribution in [0.5, 0.6) is 0 Å². The number of hydrazine groups is 1. The minimum absolute atomic E-state index is 0.508. The molecule has 0 aromatic carbocycles. The molecule has 0 amide bonds. The lowest BCUT2D eigenvalue weighted by molar-refractivity contribution is 0.584. The minimum atomic E-state index is 0.508. The number of aromatic nitrogens is 2. The van der Waals surface area contributed by atoms with E-state index in [0.29, 0.717) is 12.0 Å². The van der Waals surface area contributed by atoms with Gasteiger partial charge in [0.05, 0.1) is 0 Å². The normalized spacial score (nSPS) is 19.8. The zero-order valence-corrected chi connectivity index (χ0v) is 12.4. The highest BCUT2D eigenvalue weighted by Crippen LogP contribution is 2.40. The van der Waals surface area contributed by atoms with Crippen molar-refractivity contribution in [1.82, 2.24) is 9.97 Å². The second-order valence-corrected chi connectivity index (χ2v) is 6.25. The van der Waals surface area contributed by atoms with Crippen LogP contribution in [0.15, 0.2) is 0 Å². The summed E-state index contributed by atoms with van der Waals surface area (Å²) in [5.74, 6) is 9.70. The van der Waals surface area contributed by atoms with Crippen molar-refractivity contribution in [3.63, 3.8) is 0 Å². The maximum atomic E-state index is 5.59. The lowest BCUT2D eigenvalue weighted by atomic mass is 10.1. The summed E-state index contributed by atoms with van der Waals surface area (Å²) >= 11 is 0. The van der Waals surface area contributed by atoms with Gasteiger partial charge in [0.2, 0.25) is 0 Å². The molecule has 0 spiro atoms. The molecule has 1 heterocycles. The summed E-state index contributed by atoms with van der Waals surface area (Å²) in [4.78, 5) is 9.27. The van der Waals surface area contributed by atoms with E-state index in [4.69, 9.17) is 10.8 Å². The van der Waals surface area contributed by atoms with E-state index in [0.717, 1.165) is 35.4 Å². The Morgan fingerprint density at radius 1 is 1.20 bits per heavy atom. The second-order valence-electron chi connectivity index (χ2n) is 6.25. The van der Waals surface area contributed by atoms with Crippen molar-refractivity contribution in [2.24, 2.45) is 11.8 Å². The van der Waals surface area contributed by atoms with Gasteiger partial charge in [-0.05, 0) is 38.5 Å². The molecular formula is C15H25N5. The molecule has 2 saturated carbocycles. The van der Waals surface area contributed by atoms with Crippen LogP contribution >= 0.6 is 0 Å². The van der Waals surface area contributed by atoms with Crippen LogP contribution in [0.25, 0.3) is 0 Å². The smallest absolute Gasteiger partial charge is 0.148 e. The first kappa shape index (κ1) is 13.6. The van der Waals surface area contributed by atoms with Gasteiger partial charge in [-0.1, -0.05) is 19.8 Å². The molecule has 3 rings (SSSR count). The Morgan fingerprint density at radius 3 is 2.45 bits per heavy atom. The van der Waals surface area contributed by atoms with Crippen molar-refractivity contribution in [2.75, 3.05) is 10.7 Å². The van der Waals surface area contributed by atoms with Crippen LogP contribution in [0, 0.1) is 12.8 Å². The van der Waals surface area contributed by atoms with Gasteiger partial charge < -0.3 is 10.7 Å². The quantitative estimate of drug-likeness (QED) is 0.527. The summed E-state index contributed by atoms with van der Waals surface area (Å²) in [6.45, 7) is 4.26. The highest BCUT2D eigenvalue weighted by molar-refractivity contribution is 5.57. The molecule has 2 aliphatic carbocycles. The molecular weight excluding hydrogens is 250 g/mol. The lowest BCUT2D eigenvalue weighted by Gasteiger charge is -2.20. The van der Waals surface area contributed by atoms with Gasteiger partial charge in [0.1, 0.15) is 17.5 Å². The highest BCUT2D eigenvalue weighted by Gasteiger charge is 2.29. The van der Waals surface area contributed by atoms with E-state index in [1.807, 2.05) is 6.92 Å². The number of anilines is 2. The fraction of sp³-hybridized carbons (Fsp3) is 0.733. The average Bonchev–Trinajstić information content (AvgIpc) is 3.33. The Hall–Kier alpha value is -1.36. The minimum Gasteiger partial charge on any atom is -0.367 e. The molecule has 1 atom stereocenters. The first-order valence-electron chi connectivity index (χ1n) is 7.83. The summed E-state index contributed by atoms with van der Waals surface area (Å²) in [7, 11) is 0. The largest absolute Gasteiger partial charge is 0.367 e.